The number of hydrogen-bond acceptors (Lipinski definition) is 3. The van der Waals surface area contributed by atoms with Crippen molar-refractivity contribution in [3.63, 3.8) is 0 Å². The molecule has 0 aliphatic rings. The molecule has 0 amide bonds. The monoisotopic (exact) mass is 255 g/mol. The van der Waals surface area contributed by atoms with Gasteiger partial charge >= 0.3 is 0 Å². The molecule has 0 unspecified atom stereocenters. The molecule has 0 spiro atoms. The van der Waals surface area contributed by atoms with Gasteiger partial charge in [0.25, 0.3) is 0 Å². The van der Waals surface area contributed by atoms with E-state index in [1.165, 1.54) is 0 Å². The van der Waals surface area contributed by atoms with Gasteiger partial charge in [-0.15, -0.1) is 0 Å². The SMILES string of the molecule is CCCCc1cnc(-c2ccc(C#N)cc2)nc1F. The molecule has 4 heteroatoms. The number of aromatic nitrogens is 2. The Bertz CT molecular complexity index is 600. The lowest BCUT2D eigenvalue weighted by molar-refractivity contribution is 0.558. The summed E-state index contributed by atoms with van der Waals surface area (Å²) in [5.41, 5.74) is 1.82. The molecule has 0 atom stereocenters. The molecule has 1 aromatic carbocycles. The first kappa shape index (κ1) is 13.2. The van der Waals surface area contributed by atoms with Crippen LogP contribution < -0.4 is 0 Å². The van der Waals surface area contributed by atoms with Crippen molar-refractivity contribution in [1.82, 2.24) is 9.97 Å². The van der Waals surface area contributed by atoms with E-state index >= 15 is 0 Å². The Morgan fingerprint density at radius 2 is 2.00 bits per heavy atom. The van der Waals surface area contributed by atoms with Crippen molar-refractivity contribution in [3.05, 3.63) is 47.5 Å². The highest BCUT2D eigenvalue weighted by Crippen LogP contribution is 2.17. The molecular formula is C15H14FN3. The van der Waals surface area contributed by atoms with E-state index in [1.807, 2.05) is 6.07 Å². The number of benzene rings is 1. The second kappa shape index (κ2) is 6.05. The molecule has 2 aromatic rings. The predicted molar refractivity (Wildman–Crippen MR) is 70.8 cm³/mol. The Balaban J connectivity index is 2.25. The molecule has 0 N–H and O–H groups in total. The quantitative estimate of drug-likeness (QED) is 0.786. The molecule has 0 bridgehead atoms. The van der Waals surface area contributed by atoms with Crippen LogP contribution in [-0.2, 0) is 6.42 Å². The van der Waals surface area contributed by atoms with Gasteiger partial charge in [-0.3, -0.25) is 0 Å². The molecule has 96 valence electrons. The largest absolute Gasteiger partial charge is 0.236 e. The maximum Gasteiger partial charge on any atom is 0.219 e. The standard InChI is InChI=1S/C15H14FN3/c1-2-3-4-13-10-18-15(19-14(13)16)12-7-5-11(9-17)6-8-12/h5-8,10H,2-4H2,1H3. The van der Waals surface area contributed by atoms with Crippen LogP contribution in [-0.4, -0.2) is 9.97 Å². The third kappa shape index (κ3) is 3.14. The Kier molecular flexibility index (Phi) is 4.19. The third-order valence-corrected chi connectivity index (χ3v) is 2.88. The van der Waals surface area contributed by atoms with Crippen LogP contribution in [0.4, 0.5) is 4.39 Å². The molecule has 0 radical (unpaired) electrons. The van der Waals surface area contributed by atoms with E-state index in [9.17, 15) is 4.39 Å². The molecule has 0 fully saturated rings. The summed E-state index contributed by atoms with van der Waals surface area (Å²) in [6.07, 6.45) is 4.15. The van der Waals surface area contributed by atoms with E-state index in [1.54, 1.807) is 30.5 Å². The van der Waals surface area contributed by atoms with Crippen LogP contribution in [0.25, 0.3) is 11.4 Å². The normalized spacial score (nSPS) is 10.2. The average molecular weight is 255 g/mol. The van der Waals surface area contributed by atoms with Crippen LogP contribution in [0.15, 0.2) is 30.5 Å². The summed E-state index contributed by atoms with van der Waals surface area (Å²) in [5, 5.41) is 8.72. The summed E-state index contributed by atoms with van der Waals surface area (Å²) in [6, 6.07) is 8.81. The van der Waals surface area contributed by atoms with Gasteiger partial charge in [-0.1, -0.05) is 13.3 Å². The molecule has 0 saturated carbocycles. The molecule has 1 heterocycles. The fourth-order valence-corrected chi connectivity index (χ4v) is 1.75. The van der Waals surface area contributed by atoms with Crippen molar-refractivity contribution >= 4 is 0 Å². The van der Waals surface area contributed by atoms with Crippen molar-refractivity contribution in [1.29, 1.82) is 5.26 Å². The minimum atomic E-state index is -0.456. The van der Waals surface area contributed by atoms with Crippen LogP contribution in [0.1, 0.15) is 30.9 Å². The lowest BCUT2D eigenvalue weighted by Gasteiger charge is -2.04. The number of hydrogen-bond donors (Lipinski definition) is 0. The molecule has 3 nitrogen and oxygen atoms in total. The second-order valence-electron chi connectivity index (χ2n) is 4.30. The van der Waals surface area contributed by atoms with Gasteiger partial charge in [0.15, 0.2) is 5.82 Å². The first-order chi connectivity index (χ1) is 9.24. The second-order valence-corrected chi connectivity index (χ2v) is 4.30. The highest BCUT2D eigenvalue weighted by atomic mass is 19.1. The van der Waals surface area contributed by atoms with Gasteiger partial charge in [0.2, 0.25) is 5.95 Å². The third-order valence-electron chi connectivity index (χ3n) is 2.88. The topological polar surface area (TPSA) is 49.6 Å². The Morgan fingerprint density at radius 3 is 2.58 bits per heavy atom. The summed E-state index contributed by atoms with van der Waals surface area (Å²) >= 11 is 0. The van der Waals surface area contributed by atoms with Crippen molar-refractivity contribution in [2.75, 3.05) is 0 Å². The molecule has 1 aromatic heterocycles. The maximum atomic E-state index is 13.8. The van der Waals surface area contributed by atoms with Crippen molar-refractivity contribution in [3.8, 4) is 17.5 Å². The molecule has 2 rings (SSSR count). The van der Waals surface area contributed by atoms with Gasteiger partial charge in [0.1, 0.15) is 0 Å². The molecule has 19 heavy (non-hydrogen) atoms. The summed E-state index contributed by atoms with van der Waals surface area (Å²) in [4.78, 5) is 8.08. The van der Waals surface area contributed by atoms with E-state index < -0.39 is 5.95 Å². The Labute approximate surface area is 111 Å². The maximum absolute atomic E-state index is 13.8. The lowest BCUT2D eigenvalue weighted by atomic mass is 10.1. The van der Waals surface area contributed by atoms with Crippen LogP contribution in [0.3, 0.4) is 0 Å². The minimum Gasteiger partial charge on any atom is -0.236 e. The van der Waals surface area contributed by atoms with Crippen LogP contribution in [0.2, 0.25) is 0 Å². The van der Waals surface area contributed by atoms with Gasteiger partial charge < -0.3 is 0 Å². The Hall–Kier alpha value is -2.28. The van der Waals surface area contributed by atoms with E-state index in [0.717, 1.165) is 12.8 Å². The van der Waals surface area contributed by atoms with Crippen molar-refractivity contribution in [2.45, 2.75) is 26.2 Å². The number of aryl methyl sites for hydroxylation is 1. The van der Waals surface area contributed by atoms with Crippen molar-refractivity contribution in [2.24, 2.45) is 0 Å². The molecule has 0 aliphatic carbocycles. The summed E-state index contributed by atoms with van der Waals surface area (Å²) < 4.78 is 13.8. The van der Waals surface area contributed by atoms with Crippen LogP contribution >= 0.6 is 0 Å². The lowest BCUT2D eigenvalue weighted by Crippen LogP contribution is -1.99. The summed E-state index contributed by atoms with van der Waals surface area (Å²) in [5.74, 6) is -0.106. The molecule has 0 saturated heterocycles. The van der Waals surface area contributed by atoms with Gasteiger partial charge in [0.05, 0.1) is 11.6 Å². The summed E-state index contributed by atoms with van der Waals surface area (Å²) in [7, 11) is 0. The van der Waals surface area contributed by atoms with E-state index in [4.69, 9.17) is 5.26 Å². The van der Waals surface area contributed by atoms with Crippen LogP contribution in [0.5, 0.6) is 0 Å². The van der Waals surface area contributed by atoms with Gasteiger partial charge in [-0.05, 0) is 37.1 Å². The number of halogens is 1. The number of unbranched alkanes of at least 4 members (excludes halogenated alkanes) is 1. The van der Waals surface area contributed by atoms with Gasteiger partial charge in [0, 0.05) is 17.3 Å². The first-order valence-corrected chi connectivity index (χ1v) is 6.26. The highest BCUT2D eigenvalue weighted by Gasteiger charge is 2.08. The predicted octanol–water partition coefficient (Wildman–Crippen LogP) is 3.50. The zero-order valence-corrected chi connectivity index (χ0v) is 10.7. The van der Waals surface area contributed by atoms with E-state index in [2.05, 4.69) is 16.9 Å². The first-order valence-electron chi connectivity index (χ1n) is 6.26. The zero-order valence-electron chi connectivity index (χ0n) is 10.7. The average Bonchev–Trinajstić information content (AvgIpc) is 2.46. The number of nitriles is 1. The van der Waals surface area contributed by atoms with E-state index in [-0.39, 0.29) is 0 Å². The highest BCUT2D eigenvalue weighted by molar-refractivity contribution is 5.56. The van der Waals surface area contributed by atoms with Gasteiger partial charge in [-0.25, -0.2) is 4.98 Å². The minimum absolute atomic E-state index is 0.349. The van der Waals surface area contributed by atoms with Crippen molar-refractivity contribution < 1.29 is 4.39 Å². The molecular weight excluding hydrogens is 241 g/mol. The zero-order chi connectivity index (χ0) is 13.7. The number of nitrogens with zero attached hydrogens (tertiary/aromatic N) is 3. The Morgan fingerprint density at radius 1 is 1.26 bits per heavy atom. The number of rotatable bonds is 4. The fourth-order valence-electron chi connectivity index (χ4n) is 1.75. The van der Waals surface area contributed by atoms with Gasteiger partial charge in [-0.2, -0.15) is 14.6 Å². The van der Waals surface area contributed by atoms with E-state index in [0.29, 0.717) is 28.9 Å². The van der Waals surface area contributed by atoms with Crippen LogP contribution in [0, 0.1) is 17.3 Å². The fraction of sp³-hybridized carbons (Fsp3) is 0.267. The smallest absolute Gasteiger partial charge is 0.219 e. The molecule has 0 aliphatic heterocycles. The summed E-state index contributed by atoms with van der Waals surface area (Å²) in [6.45, 7) is 2.06.